The number of furan rings is 1. The van der Waals surface area contributed by atoms with Gasteiger partial charge in [-0.1, -0.05) is 165 Å². The van der Waals surface area contributed by atoms with Gasteiger partial charge in [0.1, 0.15) is 11.2 Å². The van der Waals surface area contributed by atoms with E-state index in [0.29, 0.717) is 0 Å². The van der Waals surface area contributed by atoms with Gasteiger partial charge in [0.2, 0.25) is 0 Å². The number of para-hydroxylation sites is 3. The summed E-state index contributed by atoms with van der Waals surface area (Å²) in [5, 5.41) is 2.25. The maximum atomic E-state index is 6.88. The van der Waals surface area contributed by atoms with Crippen LogP contribution in [0.15, 0.2) is 192 Å². The largest absolute Gasteiger partial charge is 0.456 e. The highest BCUT2D eigenvalue weighted by Gasteiger charge is 2.48. The van der Waals surface area contributed by atoms with E-state index < -0.39 is 0 Å². The summed E-state index contributed by atoms with van der Waals surface area (Å²) >= 11 is 0. The molecule has 9 aromatic carbocycles. The lowest BCUT2D eigenvalue weighted by Gasteiger charge is -2.48. The minimum atomic E-state index is -0.197. The Kier molecular flexibility index (Phi) is 10.2. The van der Waals surface area contributed by atoms with Crippen LogP contribution < -0.4 is 25.5 Å². The molecule has 4 aliphatic rings. The van der Waals surface area contributed by atoms with Crippen LogP contribution in [0.4, 0.5) is 45.5 Å². The summed E-state index contributed by atoms with van der Waals surface area (Å²) in [6.45, 7) is 21.8. The van der Waals surface area contributed by atoms with Gasteiger partial charge >= 0.3 is 6.85 Å². The molecular weight excluding hydrogens is 922 g/mol. The molecule has 0 radical (unpaired) electrons. The molecule has 2 aliphatic heterocycles. The van der Waals surface area contributed by atoms with Gasteiger partial charge in [0.15, 0.2) is 0 Å². The number of hydrogen-bond acceptors (Lipinski definition) is 4. The first-order valence-electron chi connectivity index (χ1n) is 27.7. The second kappa shape index (κ2) is 16.6. The topological polar surface area (TPSA) is 22.9 Å². The Bertz CT molecular complexity index is 3940. The van der Waals surface area contributed by atoms with Crippen LogP contribution in [0.5, 0.6) is 0 Å². The SMILES string of the molecule is Cc1cc2c(cc1N1c3cc(-c4ccccc4)ccc3B3c4c(cc(N(c5ccccc5)c5ccccc5)cc41)-c1cc4c(cc1N3c1ccc3c(c1)C(C)(C)CCC3(C)C)oc1ccccc14)C(C)(C)CCC2(C)C. The zero-order valence-electron chi connectivity index (χ0n) is 45.6. The van der Waals surface area contributed by atoms with Gasteiger partial charge < -0.3 is 19.0 Å². The Morgan fingerprint density at radius 2 is 1.01 bits per heavy atom. The molecule has 374 valence electrons. The van der Waals surface area contributed by atoms with Gasteiger partial charge in [-0.3, -0.25) is 0 Å². The van der Waals surface area contributed by atoms with Crippen LogP contribution in [0.25, 0.3) is 44.2 Å². The van der Waals surface area contributed by atoms with Crippen molar-refractivity contribution in [1.29, 1.82) is 0 Å². The van der Waals surface area contributed by atoms with Crippen LogP contribution in [0, 0.1) is 6.92 Å². The second-order valence-electron chi connectivity index (χ2n) is 25.1. The summed E-state index contributed by atoms with van der Waals surface area (Å²) in [7, 11) is 0. The van der Waals surface area contributed by atoms with Gasteiger partial charge in [-0.25, -0.2) is 0 Å². The van der Waals surface area contributed by atoms with Gasteiger partial charge in [-0.2, -0.15) is 0 Å². The van der Waals surface area contributed by atoms with Crippen molar-refractivity contribution < 1.29 is 4.42 Å². The van der Waals surface area contributed by atoms with E-state index in [1.165, 1.54) is 83.7 Å². The number of nitrogens with zero attached hydrogens (tertiary/aromatic N) is 3. The minimum absolute atomic E-state index is 0.00229. The third kappa shape index (κ3) is 7.10. The van der Waals surface area contributed by atoms with Crippen molar-refractivity contribution in [3.8, 4) is 22.3 Å². The molecule has 0 amide bonds. The number of aryl methyl sites for hydroxylation is 1. The fraction of sp³-hybridized carbons (Fsp3) is 0.239. The molecule has 0 bridgehead atoms. The summed E-state index contributed by atoms with van der Waals surface area (Å²) in [6, 6.07) is 71.1. The Morgan fingerprint density at radius 1 is 0.421 bits per heavy atom. The van der Waals surface area contributed by atoms with Crippen molar-refractivity contribution >= 4 is 85.2 Å². The van der Waals surface area contributed by atoms with E-state index in [2.05, 4.69) is 265 Å². The van der Waals surface area contributed by atoms with E-state index >= 15 is 0 Å². The van der Waals surface area contributed by atoms with E-state index in [1.807, 2.05) is 0 Å². The van der Waals surface area contributed by atoms with E-state index in [-0.39, 0.29) is 28.5 Å². The molecule has 2 aliphatic carbocycles. The third-order valence-corrected chi connectivity index (χ3v) is 18.4. The minimum Gasteiger partial charge on any atom is -0.456 e. The van der Waals surface area contributed by atoms with Gasteiger partial charge in [0.25, 0.3) is 0 Å². The lowest BCUT2D eigenvalue weighted by Crippen LogP contribution is -2.61. The first-order valence-corrected chi connectivity index (χ1v) is 27.7. The predicted molar refractivity (Wildman–Crippen MR) is 323 cm³/mol. The molecule has 3 heterocycles. The molecule has 76 heavy (non-hydrogen) atoms. The molecule has 0 N–H and O–H groups in total. The second-order valence-corrected chi connectivity index (χ2v) is 25.1. The maximum Gasteiger partial charge on any atom is 0.333 e. The molecule has 1 aromatic heterocycles. The Hall–Kier alpha value is -7.76. The van der Waals surface area contributed by atoms with Gasteiger partial charge in [0.05, 0.1) is 0 Å². The Labute approximate surface area is 449 Å². The van der Waals surface area contributed by atoms with E-state index in [4.69, 9.17) is 4.42 Å². The zero-order valence-corrected chi connectivity index (χ0v) is 45.6. The lowest BCUT2D eigenvalue weighted by molar-refractivity contribution is 0.332. The third-order valence-electron chi connectivity index (χ3n) is 18.4. The standard InChI is InChI=1S/C71H66BN3O/c1-45-37-57-59(71(8,9)36-35-69(57,4)5)43-61(45)74-63-38-47(46-21-13-10-14-22-46)29-32-60(63)72-67-55(39-51(41-64(67)74)73(48-23-15-11-16-24-48)49-25-17-12-18-26-49)53-42-54-52-27-19-20-28-65(52)76-66(54)44-62(53)75(72)50-30-31-56-58(40-50)70(6,7)34-33-68(56,2)3/h10-32,37-44H,33-36H2,1-9H3. The highest BCUT2D eigenvalue weighted by atomic mass is 16.3. The van der Waals surface area contributed by atoms with Crippen molar-refractivity contribution in [3.05, 3.63) is 216 Å². The first-order chi connectivity index (χ1) is 36.6. The zero-order chi connectivity index (χ0) is 52.0. The summed E-state index contributed by atoms with van der Waals surface area (Å²) in [5.41, 5.74) is 25.7. The van der Waals surface area contributed by atoms with Crippen molar-refractivity contribution in [2.45, 2.75) is 110 Å². The molecule has 0 atom stereocenters. The summed E-state index contributed by atoms with van der Waals surface area (Å²) in [5.74, 6) is 0. The van der Waals surface area contributed by atoms with Crippen LogP contribution in [-0.4, -0.2) is 6.85 Å². The fourth-order valence-electron chi connectivity index (χ4n) is 13.9. The number of hydrogen-bond donors (Lipinski definition) is 0. The van der Waals surface area contributed by atoms with Gasteiger partial charge in [-0.15, -0.1) is 0 Å². The van der Waals surface area contributed by atoms with E-state index in [1.54, 1.807) is 0 Å². The molecule has 0 saturated carbocycles. The van der Waals surface area contributed by atoms with E-state index in [9.17, 15) is 0 Å². The molecule has 0 unspecified atom stereocenters. The van der Waals surface area contributed by atoms with Crippen molar-refractivity contribution in [1.82, 2.24) is 0 Å². The molecule has 5 heteroatoms. The normalized spacial score (nSPS) is 17.1. The van der Waals surface area contributed by atoms with Gasteiger partial charge in [0, 0.05) is 67.9 Å². The number of anilines is 8. The first kappa shape index (κ1) is 46.8. The van der Waals surface area contributed by atoms with Crippen LogP contribution in [0.1, 0.15) is 109 Å². The smallest absolute Gasteiger partial charge is 0.333 e. The van der Waals surface area contributed by atoms with E-state index in [0.717, 1.165) is 70.4 Å². The molecule has 0 saturated heterocycles. The number of benzene rings is 9. The van der Waals surface area contributed by atoms with Crippen molar-refractivity contribution in [2.75, 3.05) is 14.6 Å². The average Bonchev–Trinajstić information content (AvgIpc) is 3.87. The van der Waals surface area contributed by atoms with Crippen molar-refractivity contribution in [2.24, 2.45) is 0 Å². The molecule has 4 nitrogen and oxygen atoms in total. The van der Waals surface area contributed by atoms with Gasteiger partial charge in [-0.05, 0) is 182 Å². The summed E-state index contributed by atoms with van der Waals surface area (Å²) in [6.07, 6.45) is 4.60. The lowest BCUT2D eigenvalue weighted by atomic mass is 9.43. The predicted octanol–water partition coefficient (Wildman–Crippen LogP) is 18.4. The molecule has 0 fully saturated rings. The Balaban J connectivity index is 1.15. The molecule has 14 rings (SSSR count). The average molecular weight is 988 g/mol. The monoisotopic (exact) mass is 988 g/mol. The number of fused-ring (bicyclic) bond motifs is 9. The van der Waals surface area contributed by atoms with Crippen molar-refractivity contribution in [3.63, 3.8) is 0 Å². The highest BCUT2D eigenvalue weighted by Crippen LogP contribution is 2.55. The highest BCUT2D eigenvalue weighted by molar-refractivity contribution is 6.93. The maximum absolute atomic E-state index is 6.88. The van der Waals surface area contributed by atoms with Crippen LogP contribution in [0.3, 0.4) is 0 Å². The fourth-order valence-corrected chi connectivity index (χ4v) is 13.9. The molecular formula is C71H66BN3O. The molecule has 10 aromatic rings. The Morgan fingerprint density at radius 3 is 1.68 bits per heavy atom. The number of rotatable bonds is 6. The van der Waals surface area contributed by atoms with Crippen LogP contribution in [-0.2, 0) is 21.7 Å². The molecule has 0 spiro atoms. The van der Waals surface area contributed by atoms with Crippen LogP contribution >= 0.6 is 0 Å². The quantitative estimate of drug-likeness (QED) is 0.155. The summed E-state index contributed by atoms with van der Waals surface area (Å²) in [4.78, 5) is 7.83. The van der Waals surface area contributed by atoms with Crippen LogP contribution in [0.2, 0.25) is 0 Å². The summed E-state index contributed by atoms with van der Waals surface area (Å²) < 4.78 is 6.88.